The van der Waals surface area contributed by atoms with E-state index in [1.54, 1.807) is 63.0 Å². The van der Waals surface area contributed by atoms with Crippen LogP contribution in [-0.2, 0) is 62.2 Å². The molecule has 24 heteroatoms. The lowest BCUT2D eigenvalue weighted by atomic mass is 9.62. The molecule has 2 fully saturated rings. The fraction of sp³-hybridized carbons (Fsp3) is 0.438. The number of carbonyl (C=O) groups is 3. The molecule has 0 radical (unpaired) electrons. The highest BCUT2D eigenvalue weighted by Gasteiger charge is 2.39. The second kappa shape index (κ2) is 40.2. The summed E-state index contributed by atoms with van der Waals surface area (Å²) in [5.41, 5.74) is 13.6. The van der Waals surface area contributed by atoms with Crippen LogP contribution in [0.4, 0.5) is 13.2 Å². The van der Waals surface area contributed by atoms with E-state index < -0.39 is 35.8 Å². The van der Waals surface area contributed by atoms with Gasteiger partial charge in [-0.05, 0) is 207 Å². The summed E-state index contributed by atoms with van der Waals surface area (Å²) in [6, 6.07) is 42.0. The van der Waals surface area contributed by atoms with Gasteiger partial charge in [0.25, 0.3) is 23.9 Å². The van der Waals surface area contributed by atoms with E-state index in [2.05, 4.69) is 53.4 Å². The van der Waals surface area contributed by atoms with Crippen LogP contribution in [0.25, 0.3) is 33.4 Å². The maximum absolute atomic E-state index is 14.3. The monoisotopic (exact) mass is 1570 g/mol. The van der Waals surface area contributed by atoms with Crippen molar-refractivity contribution in [3.8, 4) is 33.4 Å². The average Bonchev–Trinajstić information content (AvgIpc) is 0.820. The zero-order chi connectivity index (χ0) is 76.1. The first-order chi connectivity index (χ1) is 49.2. The van der Waals surface area contributed by atoms with Gasteiger partial charge in [0.05, 0.1) is 49.1 Å². The van der Waals surface area contributed by atoms with Crippen LogP contribution in [-0.4, -0.2) is 132 Å². The maximum Gasteiger partial charge on any atom is 0.311 e. The van der Waals surface area contributed by atoms with Crippen molar-refractivity contribution < 1.29 is 64.4 Å². The summed E-state index contributed by atoms with van der Waals surface area (Å²) in [5.74, 6) is -3.27. The number of rotatable bonds is 33. The molecule has 9 rings (SSSR count). The number of nitrogens with two attached hydrogens (primary N) is 1. The summed E-state index contributed by atoms with van der Waals surface area (Å²) in [5, 5.41) is 21.7. The Kier molecular flexibility index (Phi) is 32.9. The fourth-order valence-corrected chi connectivity index (χ4v) is 15.6. The smallest absolute Gasteiger partial charge is 0.311 e. The molecular formula is C80H98B2BrCl3F3N3O11S. The number of halogens is 7. The minimum atomic E-state index is -4.09. The minimum Gasteiger partial charge on any atom is -0.466 e. The van der Waals surface area contributed by atoms with Gasteiger partial charge in [-0.2, -0.15) is 8.42 Å². The Morgan fingerprint density at radius 3 is 1.18 bits per heavy atom. The van der Waals surface area contributed by atoms with Gasteiger partial charge in [-0.3, -0.25) is 18.6 Å². The van der Waals surface area contributed by atoms with E-state index in [0.717, 1.165) is 64.9 Å². The van der Waals surface area contributed by atoms with Crippen molar-refractivity contribution in [3.05, 3.63) is 205 Å². The van der Waals surface area contributed by atoms with Gasteiger partial charge in [0.1, 0.15) is 17.5 Å². The van der Waals surface area contributed by atoms with E-state index in [9.17, 15) is 46.0 Å². The third kappa shape index (κ3) is 27.3. The molecule has 4 N–H and O–H groups in total. The summed E-state index contributed by atoms with van der Waals surface area (Å²) >= 11 is 21.3. The Morgan fingerprint density at radius 2 is 0.846 bits per heavy atom. The molecule has 0 spiro atoms. The van der Waals surface area contributed by atoms with E-state index in [1.807, 2.05) is 74.5 Å². The van der Waals surface area contributed by atoms with E-state index in [4.69, 9.17) is 58.9 Å². The number of hydrogen-bond acceptors (Lipinski definition) is 14. The molecule has 0 bridgehead atoms. The fourth-order valence-electron chi connectivity index (χ4n) is 13.9. The average molecular weight is 1570 g/mol. The number of benzene rings is 7. The Morgan fingerprint density at radius 1 is 0.519 bits per heavy atom. The van der Waals surface area contributed by atoms with Gasteiger partial charge in [-0.15, -0.1) is 0 Å². The highest BCUT2D eigenvalue weighted by molar-refractivity contribution is 9.10. The number of ether oxygens (including phenoxy) is 3. The Bertz CT molecular complexity index is 4020. The van der Waals surface area contributed by atoms with Crippen molar-refractivity contribution >= 4 is 92.6 Å². The molecule has 2 saturated heterocycles. The Hall–Kier alpha value is -6.07. The normalized spacial score (nSPS) is 15.7. The molecule has 7 aromatic carbocycles. The van der Waals surface area contributed by atoms with E-state index >= 15 is 0 Å². The van der Waals surface area contributed by atoms with Crippen LogP contribution < -0.4 is 5.73 Å². The molecule has 2 aliphatic heterocycles. The Labute approximate surface area is 637 Å². The van der Waals surface area contributed by atoms with Crippen LogP contribution in [0, 0.1) is 57.9 Å². The van der Waals surface area contributed by atoms with Gasteiger partial charge in [0.2, 0.25) is 0 Å². The molecule has 2 aliphatic rings. The van der Waals surface area contributed by atoms with Gasteiger partial charge in [-0.1, -0.05) is 165 Å². The first-order valence-electron chi connectivity index (χ1n) is 35.6. The maximum atomic E-state index is 14.3. The molecule has 2 heterocycles. The highest BCUT2D eigenvalue weighted by Crippen LogP contribution is 2.36. The topological polar surface area (TPSA) is 195 Å². The highest BCUT2D eigenvalue weighted by atomic mass is 79.9. The van der Waals surface area contributed by atoms with E-state index in [1.165, 1.54) is 48.5 Å². The molecule has 0 amide bonds. The quantitative estimate of drug-likeness (QED) is 0.0152. The molecule has 0 aromatic heterocycles. The second-order valence-electron chi connectivity index (χ2n) is 29.2. The van der Waals surface area contributed by atoms with Crippen LogP contribution in [0.15, 0.2) is 161 Å². The summed E-state index contributed by atoms with van der Waals surface area (Å²) in [4.78, 5) is 42.6. The number of hydrogen-bond donors (Lipinski definition) is 3. The van der Waals surface area contributed by atoms with Crippen LogP contribution in [0.2, 0.25) is 41.4 Å². The summed E-state index contributed by atoms with van der Waals surface area (Å²) in [6.07, 6.45) is 4.31. The lowest BCUT2D eigenvalue weighted by Crippen LogP contribution is -2.55. The number of nitrogens with zero attached hydrogens (tertiary/aromatic N) is 2. The van der Waals surface area contributed by atoms with Crippen molar-refractivity contribution in [2.45, 2.75) is 124 Å². The molecule has 0 aliphatic carbocycles. The van der Waals surface area contributed by atoms with Crippen molar-refractivity contribution in [1.82, 2.24) is 9.80 Å². The first-order valence-corrected chi connectivity index (χ1v) is 38.9. The van der Waals surface area contributed by atoms with Crippen molar-refractivity contribution in [3.63, 3.8) is 0 Å². The molecule has 0 unspecified atom stereocenters. The van der Waals surface area contributed by atoms with Gasteiger partial charge >= 0.3 is 17.9 Å². The van der Waals surface area contributed by atoms with Crippen molar-refractivity contribution in [2.75, 3.05) is 65.7 Å². The third-order valence-electron chi connectivity index (χ3n) is 18.2. The lowest BCUT2D eigenvalue weighted by molar-refractivity contribution is -0.151. The van der Waals surface area contributed by atoms with E-state index in [-0.39, 0.29) is 83.6 Å². The molecule has 560 valence electrons. The molecule has 0 saturated carbocycles. The van der Waals surface area contributed by atoms with Gasteiger partial charge < -0.3 is 39.8 Å². The number of carbonyl (C=O) groups excluding carboxylic acids is 3. The standard InChI is InChI=1S/C28H30BBrClFO6S.C27H36BClFNO3.C25H32ClFN2O2/c1-3-37-28(33)22(18-38-39(35,36)25-11-8-23(30)9-12-25)15-20(17-29(2)34)14-19-4-6-21(7-5-19)26-16-24(31)10-13-27(26)32;1-5-34-26(32)22(16-31-17-27(2,3)18-31)13-20(15-28(4)33)12-19-6-8-21(9-7-19)24-14-23(29)10-11-25(24)30;1-4-31-24(30)19(14-29-15-25(2,3)16-29)12-21(28)11-17-5-7-18(8-6-17)22-13-20(26)9-10-23(22)27/h4-13,16,20,22,34H,3,14-15,17-18H2,1-2H3;6-11,14,20,22,33H,5,12-13,15-18H2,1-4H3;5-10,13,19,21H,4,11-12,14-16,28H2,1-3H3/t2*20-,22+;19-,21+/m110/s1. The van der Waals surface area contributed by atoms with Crippen molar-refractivity contribution in [1.29, 1.82) is 0 Å². The zero-order valence-corrected chi connectivity index (χ0v) is 65.5. The SMILES string of the molecule is CCOC(=O)[C@@H](C[C@H](CB(C)O)Cc1ccc(-c2cc(Cl)ccc2F)cc1)CN1CC(C)(C)C1.CCOC(=O)[C@@H](C[C@H](N)Cc1ccc(-c2cc(Cl)ccc2F)cc1)CN1CC(C)(C)C1.CCOC(=O)[C@H](COS(=O)(=O)c1ccc(Br)cc1)C[C@H](CB(C)O)Cc1ccc(-c2cc(Cl)ccc2F)cc1. The molecule has 6 atom stereocenters. The van der Waals surface area contributed by atoms with E-state index in [0.29, 0.717) is 113 Å². The minimum absolute atomic E-state index is 0.0231. The molecule has 14 nitrogen and oxygen atoms in total. The molecular weight excluding hydrogens is 1480 g/mol. The molecule has 7 aromatic rings. The predicted molar refractivity (Wildman–Crippen MR) is 416 cm³/mol. The van der Waals surface area contributed by atoms with Gasteiger partial charge in [0, 0.05) is 81.5 Å². The first kappa shape index (κ1) is 85.2. The summed E-state index contributed by atoms with van der Waals surface area (Å²) < 4.78 is 89.9. The van der Waals surface area contributed by atoms with Crippen molar-refractivity contribution in [2.24, 2.45) is 46.2 Å². The number of likely N-dealkylation sites (tertiary alicyclic amines) is 2. The van der Waals surface area contributed by atoms with Gasteiger partial charge in [0.15, 0.2) is 0 Å². The van der Waals surface area contributed by atoms with Crippen LogP contribution >= 0.6 is 50.7 Å². The largest absolute Gasteiger partial charge is 0.466 e. The zero-order valence-electron chi connectivity index (χ0n) is 60.9. The molecule has 104 heavy (non-hydrogen) atoms. The predicted octanol–water partition coefficient (Wildman–Crippen LogP) is 17.4. The lowest BCUT2D eigenvalue weighted by Gasteiger charge is -2.47. The second-order valence-corrected chi connectivity index (χ2v) is 33.0. The summed E-state index contributed by atoms with van der Waals surface area (Å²) in [7, 11) is -4.09. The Balaban J connectivity index is 0.000000220. The third-order valence-corrected chi connectivity index (χ3v) is 20.8. The summed E-state index contributed by atoms with van der Waals surface area (Å²) in [6.45, 7) is 22.4. The van der Waals surface area contributed by atoms with Crippen LogP contribution in [0.5, 0.6) is 0 Å². The van der Waals surface area contributed by atoms with Crippen LogP contribution in [0.1, 0.15) is 84.4 Å². The van der Waals surface area contributed by atoms with Crippen LogP contribution in [0.3, 0.4) is 0 Å². The number of esters is 3. The van der Waals surface area contributed by atoms with Gasteiger partial charge in [-0.25, -0.2) is 13.2 Å².